The summed E-state index contributed by atoms with van der Waals surface area (Å²) in [6.45, 7) is 1.88. The third kappa shape index (κ3) is 9.07. The molecule has 0 aliphatic heterocycles. The Labute approximate surface area is 234 Å². The van der Waals surface area contributed by atoms with Crippen molar-refractivity contribution in [2.45, 2.75) is 38.8 Å². The molecule has 0 spiro atoms. The van der Waals surface area contributed by atoms with Crippen LogP contribution in [0.5, 0.6) is 0 Å². The first-order chi connectivity index (χ1) is 18.6. The van der Waals surface area contributed by atoms with Gasteiger partial charge < -0.3 is 10.2 Å². The van der Waals surface area contributed by atoms with Crippen molar-refractivity contribution in [3.05, 3.63) is 101 Å². The molecule has 0 radical (unpaired) electrons. The van der Waals surface area contributed by atoms with Crippen LogP contribution in [0.2, 0.25) is 5.02 Å². The highest BCUT2D eigenvalue weighted by Gasteiger charge is 2.33. The Morgan fingerprint density at radius 2 is 1.67 bits per heavy atom. The predicted octanol–water partition coefficient (Wildman–Crippen LogP) is 4.80. The number of sulfonamides is 1. The molecular weight excluding hydrogens is 541 g/mol. The molecule has 0 saturated heterocycles. The fourth-order valence-corrected chi connectivity index (χ4v) is 5.12. The number of carbonyl (C=O) groups excluding carboxylic acids is 2. The van der Waals surface area contributed by atoms with E-state index in [1.165, 1.54) is 35.2 Å². The minimum Gasteiger partial charge on any atom is -0.354 e. The molecule has 39 heavy (non-hydrogen) atoms. The van der Waals surface area contributed by atoms with E-state index in [0.717, 1.165) is 29.0 Å². The van der Waals surface area contributed by atoms with Gasteiger partial charge in [0.25, 0.3) is 0 Å². The van der Waals surface area contributed by atoms with Crippen molar-refractivity contribution in [3.8, 4) is 0 Å². The molecule has 3 rings (SSSR count). The van der Waals surface area contributed by atoms with E-state index in [9.17, 15) is 22.4 Å². The fourth-order valence-electron chi connectivity index (χ4n) is 4.09. The molecule has 1 atom stereocenters. The van der Waals surface area contributed by atoms with E-state index in [4.69, 9.17) is 11.6 Å². The van der Waals surface area contributed by atoms with Crippen LogP contribution < -0.4 is 9.62 Å². The second kappa shape index (κ2) is 14.1. The van der Waals surface area contributed by atoms with Gasteiger partial charge in [0.15, 0.2) is 0 Å². The highest BCUT2D eigenvalue weighted by atomic mass is 35.5. The van der Waals surface area contributed by atoms with Crippen LogP contribution in [0.4, 0.5) is 10.1 Å². The Morgan fingerprint density at radius 1 is 0.974 bits per heavy atom. The van der Waals surface area contributed by atoms with Crippen molar-refractivity contribution in [3.63, 3.8) is 0 Å². The first-order valence-corrected chi connectivity index (χ1v) is 14.9. The third-order valence-electron chi connectivity index (χ3n) is 6.14. The van der Waals surface area contributed by atoms with Gasteiger partial charge in [-0.15, -0.1) is 0 Å². The Balaban J connectivity index is 2.02. The van der Waals surface area contributed by atoms with Crippen molar-refractivity contribution >= 4 is 39.1 Å². The molecule has 3 aromatic carbocycles. The molecule has 7 nitrogen and oxygen atoms in total. The number of unbranched alkanes of at least 4 members (excludes halogenated alkanes) is 1. The summed E-state index contributed by atoms with van der Waals surface area (Å²) < 4.78 is 40.1. The van der Waals surface area contributed by atoms with Gasteiger partial charge in [0.1, 0.15) is 18.4 Å². The quantitative estimate of drug-likeness (QED) is 0.298. The summed E-state index contributed by atoms with van der Waals surface area (Å²) >= 11 is 6.10. The molecule has 2 amide bonds. The zero-order chi connectivity index (χ0) is 28.4. The number of carbonyl (C=O) groups is 2. The number of amides is 2. The van der Waals surface area contributed by atoms with Crippen LogP contribution in [0.3, 0.4) is 0 Å². The zero-order valence-corrected chi connectivity index (χ0v) is 23.6. The molecule has 0 unspecified atom stereocenters. The number of nitrogens with zero attached hydrogens (tertiary/aromatic N) is 2. The Kier molecular flexibility index (Phi) is 10.9. The normalized spacial score (nSPS) is 12.0. The lowest BCUT2D eigenvalue weighted by molar-refractivity contribution is -0.140. The molecule has 208 valence electrons. The number of halogens is 2. The lowest BCUT2D eigenvalue weighted by atomic mass is 10.0. The fraction of sp³-hybridized carbons (Fsp3) is 0.310. The summed E-state index contributed by atoms with van der Waals surface area (Å²) in [5.74, 6) is -1.37. The maximum Gasteiger partial charge on any atom is 0.244 e. The van der Waals surface area contributed by atoms with Crippen molar-refractivity contribution in [2.24, 2.45) is 0 Å². The number of rotatable bonds is 13. The van der Waals surface area contributed by atoms with Gasteiger partial charge in [-0.3, -0.25) is 13.9 Å². The zero-order valence-electron chi connectivity index (χ0n) is 22.0. The van der Waals surface area contributed by atoms with Crippen LogP contribution in [-0.4, -0.2) is 50.5 Å². The Bertz CT molecular complexity index is 1350. The molecule has 3 aromatic rings. The number of hydrogen-bond acceptors (Lipinski definition) is 4. The van der Waals surface area contributed by atoms with E-state index < -0.39 is 34.3 Å². The Morgan fingerprint density at radius 3 is 2.28 bits per heavy atom. The maximum absolute atomic E-state index is 13.9. The summed E-state index contributed by atoms with van der Waals surface area (Å²) in [4.78, 5) is 28.8. The largest absolute Gasteiger partial charge is 0.354 e. The van der Waals surface area contributed by atoms with Gasteiger partial charge in [-0.1, -0.05) is 73.5 Å². The lowest BCUT2D eigenvalue weighted by Crippen LogP contribution is -2.53. The SMILES string of the molecule is CCCCNC(=O)[C@H](Cc1ccccc1)N(Cc1ccc(F)cc1)C(=O)CN(c1cccc(Cl)c1)S(C)(=O)=O. The predicted molar refractivity (Wildman–Crippen MR) is 152 cm³/mol. The van der Waals surface area contributed by atoms with Crippen molar-refractivity contribution in [1.29, 1.82) is 0 Å². The first kappa shape index (κ1) is 30.1. The molecule has 0 bridgehead atoms. The number of anilines is 1. The van der Waals surface area contributed by atoms with Crippen LogP contribution in [-0.2, 0) is 32.6 Å². The average molecular weight is 574 g/mol. The van der Waals surface area contributed by atoms with Gasteiger partial charge >= 0.3 is 0 Å². The average Bonchev–Trinajstić information content (AvgIpc) is 2.90. The lowest BCUT2D eigenvalue weighted by Gasteiger charge is -2.33. The van der Waals surface area contributed by atoms with E-state index in [2.05, 4.69) is 5.32 Å². The minimum absolute atomic E-state index is 0.0229. The van der Waals surface area contributed by atoms with Crippen LogP contribution >= 0.6 is 11.6 Å². The first-order valence-electron chi connectivity index (χ1n) is 12.7. The van der Waals surface area contributed by atoms with Gasteiger partial charge in [-0.25, -0.2) is 12.8 Å². The summed E-state index contributed by atoms with van der Waals surface area (Å²) in [5, 5.41) is 3.23. The van der Waals surface area contributed by atoms with Gasteiger partial charge in [-0.2, -0.15) is 0 Å². The Hall–Kier alpha value is -3.43. The second-order valence-corrected chi connectivity index (χ2v) is 11.6. The van der Waals surface area contributed by atoms with E-state index in [-0.39, 0.29) is 24.6 Å². The van der Waals surface area contributed by atoms with Crippen molar-refractivity contribution in [1.82, 2.24) is 10.2 Å². The van der Waals surface area contributed by atoms with Crippen molar-refractivity contribution in [2.75, 3.05) is 23.7 Å². The summed E-state index contributed by atoms with van der Waals surface area (Å²) in [5.41, 5.74) is 1.66. The van der Waals surface area contributed by atoms with Crippen LogP contribution in [0.25, 0.3) is 0 Å². The van der Waals surface area contributed by atoms with E-state index in [0.29, 0.717) is 17.1 Å². The van der Waals surface area contributed by atoms with Crippen LogP contribution in [0, 0.1) is 5.82 Å². The molecule has 0 fully saturated rings. The highest BCUT2D eigenvalue weighted by Crippen LogP contribution is 2.23. The smallest absolute Gasteiger partial charge is 0.244 e. The maximum atomic E-state index is 13.9. The monoisotopic (exact) mass is 573 g/mol. The second-order valence-electron chi connectivity index (χ2n) is 9.25. The molecule has 0 heterocycles. The molecule has 0 aromatic heterocycles. The van der Waals surface area contributed by atoms with Crippen LogP contribution in [0.1, 0.15) is 30.9 Å². The molecule has 10 heteroatoms. The molecule has 1 N–H and O–H groups in total. The van der Waals surface area contributed by atoms with E-state index >= 15 is 0 Å². The molecular formula is C29H33ClFN3O4S. The molecule has 0 aliphatic carbocycles. The van der Waals surface area contributed by atoms with Gasteiger partial charge in [0, 0.05) is 24.5 Å². The number of nitrogens with one attached hydrogen (secondary N) is 1. The topological polar surface area (TPSA) is 86.8 Å². The summed E-state index contributed by atoms with van der Waals surface area (Å²) in [6, 6.07) is 20.2. The van der Waals surface area contributed by atoms with E-state index in [1.807, 2.05) is 37.3 Å². The number of benzene rings is 3. The van der Waals surface area contributed by atoms with Crippen molar-refractivity contribution < 1.29 is 22.4 Å². The summed E-state index contributed by atoms with van der Waals surface area (Å²) in [7, 11) is -3.89. The van der Waals surface area contributed by atoms with Gasteiger partial charge in [0.2, 0.25) is 21.8 Å². The highest BCUT2D eigenvalue weighted by molar-refractivity contribution is 7.92. The van der Waals surface area contributed by atoms with Gasteiger partial charge in [0.05, 0.1) is 11.9 Å². The third-order valence-corrected chi connectivity index (χ3v) is 7.52. The minimum atomic E-state index is -3.89. The standard InChI is InChI=1S/C29H33ClFN3O4S/c1-3-4-17-32-29(36)27(18-22-9-6-5-7-10-22)33(20-23-13-15-25(31)16-14-23)28(35)21-34(39(2,37)38)26-12-8-11-24(30)19-26/h5-16,19,27H,3-4,17-18,20-21H2,1-2H3,(H,32,36)/t27-/m0/s1. The van der Waals surface area contributed by atoms with Crippen LogP contribution in [0.15, 0.2) is 78.9 Å². The summed E-state index contributed by atoms with van der Waals surface area (Å²) in [6.07, 6.45) is 2.86. The molecule has 0 aliphatic rings. The number of hydrogen-bond donors (Lipinski definition) is 1. The van der Waals surface area contributed by atoms with E-state index in [1.54, 1.807) is 18.2 Å². The molecule has 0 saturated carbocycles. The van der Waals surface area contributed by atoms with Gasteiger partial charge in [-0.05, 0) is 47.9 Å².